The number of rotatable bonds is 2. The van der Waals surface area contributed by atoms with Gasteiger partial charge in [0.1, 0.15) is 11.5 Å². The Morgan fingerprint density at radius 2 is 2.04 bits per heavy atom. The van der Waals surface area contributed by atoms with E-state index >= 15 is 0 Å². The van der Waals surface area contributed by atoms with Crippen molar-refractivity contribution < 1.29 is 4.79 Å². The van der Waals surface area contributed by atoms with Gasteiger partial charge in [-0.2, -0.15) is 0 Å². The molecule has 0 saturated carbocycles. The molecule has 3 heterocycles. The molecule has 0 radical (unpaired) electrons. The van der Waals surface area contributed by atoms with Crippen molar-refractivity contribution in [1.82, 2.24) is 24.4 Å². The van der Waals surface area contributed by atoms with Crippen LogP contribution in [0.2, 0.25) is 0 Å². The second-order valence-electron chi connectivity index (χ2n) is 5.90. The van der Waals surface area contributed by atoms with E-state index in [-0.39, 0.29) is 5.91 Å². The summed E-state index contributed by atoms with van der Waals surface area (Å²) in [7, 11) is 0. The van der Waals surface area contributed by atoms with Crippen molar-refractivity contribution in [2.45, 2.75) is 20.0 Å². The summed E-state index contributed by atoms with van der Waals surface area (Å²) < 4.78 is 2.19. The van der Waals surface area contributed by atoms with Crippen molar-refractivity contribution in [3.05, 3.63) is 66.1 Å². The maximum atomic E-state index is 12.5. The zero-order valence-electron chi connectivity index (χ0n) is 13.4. The molecule has 1 amide bonds. The Bertz CT molecular complexity index is 887. The lowest BCUT2D eigenvalue weighted by atomic mass is 10.1. The van der Waals surface area contributed by atoms with Crippen LogP contribution in [0.15, 0.2) is 49.1 Å². The lowest BCUT2D eigenvalue weighted by molar-refractivity contribution is 0.0701. The van der Waals surface area contributed by atoms with Crippen molar-refractivity contribution in [2.24, 2.45) is 0 Å². The third-order valence-electron chi connectivity index (χ3n) is 4.25. The van der Waals surface area contributed by atoms with Crippen molar-refractivity contribution in [2.75, 3.05) is 6.54 Å². The van der Waals surface area contributed by atoms with Gasteiger partial charge in [0.05, 0.1) is 24.6 Å². The van der Waals surface area contributed by atoms with E-state index in [4.69, 9.17) is 0 Å². The minimum absolute atomic E-state index is 0.102. The van der Waals surface area contributed by atoms with Gasteiger partial charge < -0.3 is 9.47 Å². The summed E-state index contributed by atoms with van der Waals surface area (Å²) in [6, 6.07) is 8.38. The number of carbonyl (C=O) groups is 1. The van der Waals surface area contributed by atoms with Crippen LogP contribution in [0.5, 0.6) is 0 Å². The molecule has 1 aromatic carbocycles. The van der Waals surface area contributed by atoms with Crippen LogP contribution in [0, 0.1) is 6.92 Å². The highest BCUT2D eigenvalue weighted by Gasteiger charge is 2.25. The summed E-state index contributed by atoms with van der Waals surface area (Å²) >= 11 is 0. The van der Waals surface area contributed by atoms with E-state index in [1.165, 1.54) is 18.0 Å². The summed E-state index contributed by atoms with van der Waals surface area (Å²) in [6.07, 6.45) is 6.49. The fourth-order valence-electron chi connectivity index (χ4n) is 3.04. The average molecular weight is 319 g/mol. The number of hydrogen-bond donors (Lipinski definition) is 0. The number of benzene rings is 1. The topological polar surface area (TPSA) is 63.9 Å². The molecule has 120 valence electrons. The van der Waals surface area contributed by atoms with Crippen molar-refractivity contribution in [1.29, 1.82) is 0 Å². The average Bonchev–Trinajstić information content (AvgIpc) is 3.05. The quantitative estimate of drug-likeness (QED) is 0.727. The molecule has 6 nitrogen and oxygen atoms in total. The summed E-state index contributed by atoms with van der Waals surface area (Å²) in [5.74, 6) is 0.796. The Balaban J connectivity index is 1.60. The molecular weight excluding hydrogens is 302 g/mol. The lowest BCUT2D eigenvalue weighted by Crippen LogP contribution is -2.39. The van der Waals surface area contributed by atoms with Crippen LogP contribution < -0.4 is 0 Å². The number of carbonyl (C=O) groups excluding carboxylic acids is 1. The molecule has 0 N–H and O–H groups in total. The second-order valence-corrected chi connectivity index (χ2v) is 5.90. The predicted molar refractivity (Wildman–Crippen MR) is 89.2 cm³/mol. The zero-order valence-corrected chi connectivity index (χ0v) is 13.4. The fraction of sp³-hybridized carbons (Fsp3) is 0.222. The normalized spacial score (nSPS) is 13.6. The molecule has 0 atom stereocenters. The second kappa shape index (κ2) is 5.88. The first-order valence-corrected chi connectivity index (χ1v) is 7.89. The van der Waals surface area contributed by atoms with E-state index in [1.54, 1.807) is 11.1 Å². The molecule has 0 fully saturated rings. The Kier molecular flexibility index (Phi) is 3.57. The molecule has 0 bridgehead atoms. The SMILES string of the molecule is Cc1cccc(-c2cnc3n2CCN(C(=O)c2cnccn2)C3)c1. The maximum Gasteiger partial charge on any atom is 0.274 e. The molecule has 1 aliphatic rings. The number of aromatic nitrogens is 4. The molecule has 0 saturated heterocycles. The smallest absolute Gasteiger partial charge is 0.274 e. The van der Waals surface area contributed by atoms with Crippen LogP contribution in [0.4, 0.5) is 0 Å². The molecule has 0 spiro atoms. The molecule has 1 aliphatic heterocycles. The third-order valence-corrected chi connectivity index (χ3v) is 4.25. The van der Waals surface area contributed by atoms with Gasteiger partial charge in [0.25, 0.3) is 5.91 Å². The van der Waals surface area contributed by atoms with E-state index in [2.05, 4.69) is 50.7 Å². The molecule has 4 rings (SSSR count). The van der Waals surface area contributed by atoms with Gasteiger partial charge in [0.15, 0.2) is 0 Å². The molecule has 3 aromatic rings. The van der Waals surface area contributed by atoms with Crippen LogP contribution in [-0.4, -0.2) is 36.9 Å². The van der Waals surface area contributed by atoms with E-state index in [1.807, 2.05) is 6.20 Å². The summed E-state index contributed by atoms with van der Waals surface area (Å²) in [5.41, 5.74) is 3.84. The number of fused-ring (bicyclic) bond motifs is 1. The fourth-order valence-corrected chi connectivity index (χ4v) is 3.04. The van der Waals surface area contributed by atoms with Crippen molar-refractivity contribution >= 4 is 5.91 Å². The summed E-state index contributed by atoms with van der Waals surface area (Å²) in [6.45, 7) is 3.93. The van der Waals surface area contributed by atoms with Crippen molar-refractivity contribution in [3.8, 4) is 11.3 Å². The van der Waals surface area contributed by atoms with Gasteiger partial charge in [-0.1, -0.05) is 23.8 Å². The molecule has 6 heteroatoms. The van der Waals surface area contributed by atoms with Crippen LogP contribution in [0.25, 0.3) is 11.3 Å². The van der Waals surface area contributed by atoms with E-state index in [0.29, 0.717) is 18.8 Å². The first-order valence-electron chi connectivity index (χ1n) is 7.89. The van der Waals surface area contributed by atoms with Gasteiger partial charge in [0.2, 0.25) is 0 Å². The predicted octanol–water partition coefficient (Wildman–Crippen LogP) is 2.30. The first-order chi connectivity index (χ1) is 11.7. The van der Waals surface area contributed by atoms with Gasteiger partial charge in [0, 0.05) is 31.0 Å². The highest BCUT2D eigenvalue weighted by atomic mass is 16.2. The highest BCUT2D eigenvalue weighted by molar-refractivity contribution is 5.92. The number of aryl methyl sites for hydroxylation is 1. The highest BCUT2D eigenvalue weighted by Crippen LogP contribution is 2.25. The third kappa shape index (κ3) is 2.56. The number of imidazole rings is 1. The van der Waals surface area contributed by atoms with E-state index in [9.17, 15) is 4.79 Å². The van der Waals surface area contributed by atoms with Gasteiger partial charge in [-0.05, 0) is 13.0 Å². The van der Waals surface area contributed by atoms with Gasteiger partial charge in [-0.25, -0.2) is 9.97 Å². The van der Waals surface area contributed by atoms with Crippen molar-refractivity contribution in [3.63, 3.8) is 0 Å². The van der Waals surface area contributed by atoms with Crippen LogP contribution in [-0.2, 0) is 13.1 Å². The molecule has 0 aliphatic carbocycles. The molecule has 24 heavy (non-hydrogen) atoms. The lowest BCUT2D eigenvalue weighted by Gasteiger charge is -2.28. The van der Waals surface area contributed by atoms with Crippen LogP contribution in [0.3, 0.4) is 0 Å². The van der Waals surface area contributed by atoms with E-state index < -0.39 is 0 Å². The Morgan fingerprint density at radius 1 is 1.12 bits per heavy atom. The maximum absolute atomic E-state index is 12.5. The summed E-state index contributed by atoms with van der Waals surface area (Å²) in [4.78, 5) is 26.9. The minimum Gasteiger partial charge on any atom is -0.328 e. The minimum atomic E-state index is -0.102. The van der Waals surface area contributed by atoms with Gasteiger partial charge in [-0.15, -0.1) is 0 Å². The van der Waals surface area contributed by atoms with Crippen LogP contribution >= 0.6 is 0 Å². The Hall–Kier alpha value is -3.02. The molecule has 0 unspecified atom stereocenters. The first kappa shape index (κ1) is 14.6. The van der Waals surface area contributed by atoms with E-state index in [0.717, 1.165) is 23.6 Å². The standard InChI is InChI=1S/C18H17N5O/c1-13-3-2-4-14(9-13)16-11-21-17-12-22(7-8-23(16)17)18(24)15-10-19-5-6-20-15/h2-6,9-11H,7-8,12H2,1H3. The Morgan fingerprint density at radius 3 is 2.83 bits per heavy atom. The molecule has 2 aromatic heterocycles. The Labute approximate surface area is 139 Å². The zero-order chi connectivity index (χ0) is 16.5. The van der Waals surface area contributed by atoms with Gasteiger partial charge >= 0.3 is 0 Å². The summed E-state index contributed by atoms with van der Waals surface area (Å²) in [5, 5.41) is 0. The van der Waals surface area contributed by atoms with Crippen LogP contribution in [0.1, 0.15) is 21.9 Å². The monoisotopic (exact) mass is 319 g/mol. The van der Waals surface area contributed by atoms with Gasteiger partial charge in [-0.3, -0.25) is 9.78 Å². The number of nitrogens with zero attached hydrogens (tertiary/aromatic N) is 5. The largest absolute Gasteiger partial charge is 0.328 e. The number of amides is 1. The number of hydrogen-bond acceptors (Lipinski definition) is 4. The molecular formula is C18H17N5O.